The first-order valence-corrected chi connectivity index (χ1v) is 10.2. The number of carbonyl (C=O) groups is 3. The highest BCUT2D eigenvalue weighted by Gasteiger charge is 2.29. The lowest BCUT2D eigenvalue weighted by atomic mass is 9.98. The molecule has 0 spiro atoms. The van der Waals surface area contributed by atoms with E-state index in [1.807, 2.05) is 36.4 Å². The Morgan fingerprint density at radius 2 is 1.65 bits per heavy atom. The second kappa shape index (κ2) is 9.93. The number of alkyl carbamates (subject to hydrolysis) is 1. The van der Waals surface area contributed by atoms with Crippen LogP contribution in [-0.2, 0) is 14.3 Å². The quantitative estimate of drug-likeness (QED) is 0.565. The minimum atomic E-state index is -1.04. The molecule has 3 rings (SSSR count). The maximum atomic E-state index is 12.4. The molecule has 0 aromatic heterocycles. The molecule has 7 nitrogen and oxygen atoms in total. The molecule has 0 aliphatic heterocycles. The predicted octanol–water partition coefficient (Wildman–Crippen LogP) is 3.45. The molecule has 2 aromatic rings. The third-order valence-electron chi connectivity index (χ3n) is 5.38. The Morgan fingerprint density at radius 1 is 1.06 bits per heavy atom. The van der Waals surface area contributed by atoms with E-state index in [1.54, 1.807) is 6.92 Å². The van der Waals surface area contributed by atoms with Crippen LogP contribution in [0.15, 0.2) is 60.2 Å². The molecule has 3 N–H and O–H groups in total. The molecular weight excluding hydrogens is 396 g/mol. The summed E-state index contributed by atoms with van der Waals surface area (Å²) in [5, 5.41) is 14.0. The molecular formula is C24H26N2O5. The van der Waals surface area contributed by atoms with Crippen LogP contribution in [-0.4, -0.2) is 42.3 Å². The van der Waals surface area contributed by atoms with Crippen molar-refractivity contribution in [1.29, 1.82) is 0 Å². The molecule has 31 heavy (non-hydrogen) atoms. The minimum Gasteiger partial charge on any atom is -0.478 e. The van der Waals surface area contributed by atoms with Crippen LogP contribution in [0.4, 0.5) is 4.79 Å². The zero-order valence-corrected chi connectivity index (χ0v) is 17.6. The van der Waals surface area contributed by atoms with Crippen molar-refractivity contribution in [2.24, 2.45) is 0 Å². The lowest BCUT2D eigenvalue weighted by molar-refractivity contribution is -0.132. The first-order valence-electron chi connectivity index (χ1n) is 10.2. The third kappa shape index (κ3) is 5.12. The van der Waals surface area contributed by atoms with Crippen LogP contribution in [0, 0.1) is 0 Å². The van der Waals surface area contributed by atoms with Crippen molar-refractivity contribution in [3.8, 4) is 11.1 Å². The van der Waals surface area contributed by atoms with E-state index in [4.69, 9.17) is 9.84 Å². The minimum absolute atomic E-state index is 0.0591. The van der Waals surface area contributed by atoms with Crippen LogP contribution < -0.4 is 10.6 Å². The number of hydrogen-bond donors (Lipinski definition) is 3. The zero-order valence-electron chi connectivity index (χ0n) is 17.6. The summed E-state index contributed by atoms with van der Waals surface area (Å²) < 4.78 is 5.48. The van der Waals surface area contributed by atoms with Gasteiger partial charge in [0, 0.05) is 18.0 Å². The summed E-state index contributed by atoms with van der Waals surface area (Å²) in [5.74, 6) is -1.50. The van der Waals surface area contributed by atoms with Crippen LogP contribution in [0.1, 0.15) is 37.3 Å². The SMILES string of the molecule is CCC(NC(=O)OCC1c2ccccc2-c2ccccc21)C(=O)NC/C=C(\C)C(=O)O. The first kappa shape index (κ1) is 22.1. The van der Waals surface area contributed by atoms with Gasteiger partial charge >= 0.3 is 12.1 Å². The van der Waals surface area contributed by atoms with Gasteiger partial charge in [-0.15, -0.1) is 0 Å². The van der Waals surface area contributed by atoms with Crippen LogP contribution in [0.2, 0.25) is 0 Å². The number of aliphatic carboxylic acids is 1. The number of ether oxygens (including phenoxy) is 1. The molecule has 0 heterocycles. The highest BCUT2D eigenvalue weighted by Crippen LogP contribution is 2.44. The number of nitrogens with one attached hydrogen (secondary N) is 2. The van der Waals surface area contributed by atoms with E-state index in [1.165, 1.54) is 13.0 Å². The van der Waals surface area contributed by atoms with Crippen molar-refractivity contribution in [2.45, 2.75) is 32.2 Å². The molecule has 0 saturated heterocycles. The smallest absolute Gasteiger partial charge is 0.407 e. The molecule has 1 unspecified atom stereocenters. The fraction of sp³-hybridized carbons (Fsp3) is 0.292. The fourth-order valence-corrected chi connectivity index (χ4v) is 3.65. The van der Waals surface area contributed by atoms with Gasteiger partial charge in [0.25, 0.3) is 0 Å². The standard InChI is InChI=1S/C24H26N2O5/c1-3-21(22(27)25-13-12-15(2)23(28)29)26-24(30)31-14-20-18-10-6-4-8-16(18)17-9-5-7-11-19(17)20/h4-12,20-21H,3,13-14H2,1-2H3,(H,25,27)(H,26,30)(H,28,29)/b15-12+. The van der Waals surface area contributed by atoms with E-state index < -0.39 is 24.0 Å². The summed E-state index contributed by atoms with van der Waals surface area (Å²) in [4.78, 5) is 35.4. The van der Waals surface area contributed by atoms with Crippen molar-refractivity contribution in [3.05, 3.63) is 71.3 Å². The normalized spacial score (nSPS) is 13.7. The number of amides is 2. The van der Waals surface area contributed by atoms with Crippen LogP contribution in [0.5, 0.6) is 0 Å². The van der Waals surface area contributed by atoms with Gasteiger partial charge in [-0.2, -0.15) is 0 Å². The van der Waals surface area contributed by atoms with Gasteiger partial charge in [0.15, 0.2) is 0 Å². The number of rotatable bonds is 8. The number of carboxylic acids is 1. The number of carboxylic acid groups (broad SMARTS) is 1. The molecule has 0 radical (unpaired) electrons. The van der Waals surface area contributed by atoms with Gasteiger partial charge in [-0.25, -0.2) is 9.59 Å². The third-order valence-corrected chi connectivity index (χ3v) is 5.38. The van der Waals surface area contributed by atoms with Gasteiger partial charge in [-0.1, -0.05) is 61.5 Å². The summed E-state index contributed by atoms with van der Waals surface area (Å²) in [6, 6.07) is 15.3. The van der Waals surface area contributed by atoms with Crippen molar-refractivity contribution < 1.29 is 24.2 Å². The van der Waals surface area contributed by atoms with Gasteiger partial charge < -0.3 is 20.5 Å². The highest BCUT2D eigenvalue weighted by atomic mass is 16.5. The van der Waals surface area contributed by atoms with Gasteiger partial charge in [0.1, 0.15) is 12.6 Å². The molecule has 1 atom stereocenters. The van der Waals surface area contributed by atoms with E-state index in [0.717, 1.165) is 22.3 Å². The van der Waals surface area contributed by atoms with Gasteiger partial charge in [-0.05, 0) is 35.6 Å². The Bertz CT molecular complexity index is 969. The van der Waals surface area contributed by atoms with Gasteiger partial charge in [-0.3, -0.25) is 4.79 Å². The Hall–Kier alpha value is -3.61. The number of fused-ring (bicyclic) bond motifs is 3. The molecule has 0 fully saturated rings. The second-order valence-electron chi connectivity index (χ2n) is 7.37. The monoisotopic (exact) mass is 422 g/mol. The number of hydrogen-bond acceptors (Lipinski definition) is 4. The molecule has 7 heteroatoms. The molecule has 2 amide bonds. The van der Waals surface area contributed by atoms with Crippen molar-refractivity contribution in [2.75, 3.05) is 13.2 Å². The molecule has 1 aliphatic rings. The van der Waals surface area contributed by atoms with Gasteiger partial charge in [0.2, 0.25) is 5.91 Å². The van der Waals surface area contributed by atoms with Crippen molar-refractivity contribution >= 4 is 18.0 Å². The number of carbonyl (C=O) groups excluding carboxylic acids is 2. The highest BCUT2D eigenvalue weighted by molar-refractivity contribution is 5.87. The van der Waals surface area contributed by atoms with Crippen LogP contribution >= 0.6 is 0 Å². The lowest BCUT2D eigenvalue weighted by Gasteiger charge is -2.18. The molecule has 1 aliphatic carbocycles. The largest absolute Gasteiger partial charge is 0.478 e. The Labute approximate surface area is 181 Å². The van der Waals surface area contributed by atoms with E-state index in [0.29, 0.717) is 6.42 Å². The maximum Gasteiger partial charge on any atom is 0.407 e. The number of benzene rings is 2. The maximum absolute atomic E-state index is 12.4. The molecule has 2 aromatic carbocycles. The second-order valence-corrected chi connectivity index (χ2v) is 7.37. The van der Waals surface area contributed by atoms with Crippen LogP contribution in [0.25, 0.3) is 11.1 Å². The van der Waals surface area contributed by atoms with E-state index in [2.05, 4.69) is 22.8 Å². The van der Waals surface area contributed by atoms with E-state index >= 15 is 0 Å². The lowest BCUT2D eigenvalue weighted by Crippen LogP contribution is -2.46. The molecule has 0 bridgehead atoms. The van der Waals surface area contributed by atoms with Crippen molar-refractivity contribution in [3.63, 3.8) is 0 Å². The van der Waals surface area contributed by atoms with Crippen LogP contribution in [0.3, 0.4) is 0 Å². The Balaban J connectivity index is 1.57. The predicted molar refractivity (Wildman–Crippen MR) is 117 cm³/mol. The summed E-state index contributed by atoms with van der Waals surface area (Å²) >= 11 is 0. The van der Waals surface area contributed by atoms with E-state index in [9.17, 15) is 14.4 Å². The fourth-order valence-electron chi connectivity index (χ4n) is 3.65. The van der Waals surface area contributed by atoms with Gasteiger partial charge in [0.05, 0.1) is 0 Å². The molecule has 162 valence electrons. The summed E-state index contributed by atoms with van der Waals surface area (Å²) in [6.45, 7) is 3.45. The topological polar surface area (TPSA) is 105 Å². The average molecular weight is 422 g/mol. The summed E-state index contributed by atoms with van der Waals surface area (Å²) in [5.41, 5.74) is 4.65. The van der Waals surface area contributed by atoms with Crippen molar-refractivity contribution in [1.82, 2.24) is 10.6 Å². The summed E-state index contributed by atoms with van der Waals surface area (Å²) in [7, 11) is 0. The zero-order chi connectivity index (χ0) is 22.4. The summed E-state index contributed by atoms with van der Waals surface area (Å²) in [6.07, 6.45) is 1.11. The average Bonchev–Trinajstić information content (AvgIpc) is 3.09. The Morgan fingerprint density at radius 3 is 2.19 bits per heavy atom. The van der Waals surface area contributed by atoms with E-state index in [-0.39, 0.29) is 24.6 Å². The molecule has 0 saturated carbocycles. The first-order chi connectivity index (χ1) is 14.9. The Kier molecular flexibility index (Phi) is 7.07.